The smallest absolute Gasteiger partial charge is 0.250 e. The minimum Gasteiger partial charge on any atom is -0.320 e. The van der Waals surface area contributed by atoms with Gasteiger partial charge >= 0.3 is 0 Å². The molecule has 1 heterocycles. The highest BCUT2D eigenvalue weighted by Crippen LogP contribution is 2.21. The molecule has 0 saturated heterocycles. The van der Waals surface area contributed by atoms with Crippen molar-refractivity contribution in [1.82, 2.24) is 9.55 Å². The first kappa shape index (κ1) is 13.6. The molecule has 2 rings (SSSR count). The van der Waals surface area contributed by atoms with Crippen molar-refractivity contribution in [1.29, 1.82) is 0 Å². The number of hydrogen-bond donors (Lipinski definition) is 1. The Labute approximate surface area is 120 Å². The number of imidazole rings is 1. The Bertz CT molecular complexity index is 635. The molecule has 6 heteroatoms. The fourth-order valence-corrected chi connectivity index (χ4v) is 1.91. The number of aryl methyl sites for hydroxylation is 1. The lowest BCUT2D eigenvalue weighted by atomic mass is 10.2. The predicted molar refractivity (Wildman–Crippen MR) is 77.3 cm³/mol. The SMILES string of the molecule is Cn1ccnc1NC(=O)/C=C/c1ccc(Cl)cc1Cl. The summed E-state index contributed by atoms with van der Waals surface area (Å²) in [5.74, 6) is 0.206. The lowest BCUT2D eigenvalue weighted by Gasteiger charge is -2.01. The van der Waals surface area contributed by atoms with Gasteiger partial charge in [0.05, 0.1) is 0 Å². The molecule has 0 aliphatic rings. The van der Waals surface area contributed by atoms with Gasteiger partial charge in [-0.2, -0.15) is 0 Å². The van der Waals surface area contributed by atoms with Crippen LogP contribution in [0, 0.1) is 0 Å². The van der Waals surface area contributed by atoms with Gasteiger partial charge in [-0.3, -0.25) is 10.1 Å². The van der Waals surface area contributed by atoms with Crippen LogP contribution in [0.25, 0.3) is 6.08 Å². The van der Waals surface area contributed by atoms with Crippen LogP contribution in [0.5, 0.6) is 0 Å². The zero-order valence-electron chi connectivity index (χ0n) is 10.1. The Kier molecular flexibility index (Phi) is 4.24. The summed E-state index contributed by atoms with van der Waals surface area (Å²) >= 11 is 11.8. The van der Waals surface area contributed by atoms with Crippen molar-refractivity contribution < 1.29 is 4.79 Å². The quantitative estimate of drug-likeness (QED) is 0.883. The molecule has 0 bridgehead atoms. The minimum absolute atomic E-state index is 0.277. The second kappa shape index (κ2) is 5.91. The van der Waals surface area contributed by atoms with E-state index in [2.05, 4.69) is 10.3 Å². The number of anilines is 1. The molecule has 0 spiro atoms. The number of benzene rings is 1. The zero-order chi connectivity index (χ0) is 13.8. The van der Waals surface area contributed by atoms with Gasteiger partial charge in [-0.25, -0.2) is 4.98 Å². The summed E-state index contributed by atoms with van der Waals surface area (Å²) in [5.41, 5.74) is 0.723. The highest BCUT2D eigenvalue weighted by Gasteiger charge is 2.03. The summed E-state index contributed by atoms with van der Waals surface area (Å²) in [5, 5.41) is 3.70. The molecule has 2 aromatic rings. The average Bonchev–Trinajstić information content (AvgIpc) is 2.74. The van der Waals surface area contributed by atoms with E-state index in [0.29, 0.717) is 16.0 Å². The Hall–Kier alpha value is -1.78. The standard InChI is InChI=1S/C13H11Cl2N3O/c1-18-7-6-16-13(18)17-12(19)5-3-9-2-4-10(14)8-11(9)15/h2-8H,1H3,(H,16,17,19)/b5-3+. The third-order valence-corrected chi connectivity index (χ3v) is 3.00. The van der Waals surface area contributed by atoms with Crippen molar-refractivity contribution >= 4 is 41.1 Å². The molecule has 0 unspecified atom stereocenters. The van der Waals surface area contributed by atoms with E-state index in [1.807, 2.05) is 0 Å². The van der Waals surface area contributed by atoms with E-state index in [4.69, 9.17) is 23.2 Å². The van der Waals surface area contributed by atoms with Crippen molar-refractivity contribution in [2.24, 2.45) is 7.05 Å². The van der Waals surface area contributed by atoms with E-state index in [9.17, 15) is 4.79 Å². The number of carbonyl (C=O) groups is 1. The van der Waals surface area contributed by atoms with Crippen LogP contribution in [0.4, 0.5) is 5.95 Å². The molecule has 19 heavy (non-hydrogen) atoms. The van der Waals surface area contributed by atoms with Gasteiger partial charge in [0.25, 0.3) is 5.91 Å². The van der Waals surface area contributed by atoms with Crippen LogP contribution in [-0.4, -0.2) is 15.5 Å². The maximum Gasteiger partial charge on any atom is 0.250 e. The van der Waals surface area contributed by atoms with Crippen LogP contribution in [0.1, 0.15) is 5.56 Å². The molecule has 0 radical (unpaired) electrons. The predicted octanol–water partition coefficient (Wildman–Crippen LogP) is 3.38. The number of aromatic nitrogens is 2. The third kappa shape index (κ3) is 3.59. The second-order valence-electron chi connectivity index (χ2n) is 3.85. The highest BCUT2D eigenvalue weighted by molar-refractivity contribution is 6.35. The summed E-state index contributed by atoms with van der Waals surface area (Å²) in [6, 6.07) is 5.08. The number of carbonyl (C=O) groups excluding carboxylic acids is 1. The molecule has 0 aliphatic heterocycles. The molecule has 0 saturated carbocycles. The van der Waals surface area contributed by atoms with Gasteiger partial charge in [0.2, 0.25) is 5.95 Å². The van der Waals surface area contributed by atoms with Crippen molar-refractivity contribution in [3.8, 4) is 0 Å². The maximum atomic E-state index is 11.7. The van der Waals surface area contributed by atoms with Crippen LogP contribution in [0.2, 0.25) is 10.0 Å². The average molecular weight is 296 g/mol. The van der Waals surface area contributed by atoms with Gasteiger partial charge < -0.3 is 4.57 Å². The van der Waals surface area contributed by atoms with Gasteiger partial charge in [0.15, 0.2) is 0 Å². The molecule has 1 N–H and O–H groups in total. The molecule has 98 valence electrons. The van der Waals surface area contributed by atoms with Crippen LogP contribution in [-0.2, 0) is 11.8 Å². The normalized spacial score (nSPS) is 10.9. The van der Waals surface area contributed by atoms with Crippen LogP contribution in [0.3, 0.4) is 0 Å². The van der Waals surface area contributed by atoms with Crippen molar-refractivity contribution in [3.63, 3.8) is 0 Å². The molecule has 1 aromatic heterocycles. The van der Waals surface area contributed by atoms with Gasteiger partial charge in [0, 0.05) is 35.6 Å². The monoisotopic (exact) mass is 295 g/mol. The third-order valence-electron chi connectivity index (χ3n) is 2.43. The summed E-state index contributed by atoms with van der Waals surface area (Å²) in [4.78, 5) is 15.7. The van der Waals surface area contributed by atoms with E-state index in [0.717, 1.165) is 5.56 Å². The molecule has 1 amide bonds. The first-order chi connectivity index (χ1) is 9.06. The number of halogens is 2. The zero-order valence-corrected chi connectivity index (χ0v) is 11.6. The summed E-state index contributed by atoms with van der Waals surface area (Å²) < 4.78 is 1.71. The fraction of sp³-hybridized carbons (Fsp3) is 0.0769. The minimum atomic E-state index is -0.277. The Morgan fingerprint density at radius 2 is 2.21 bits per heavy atom. The summed E-state index contributed by atoms with van der Waals surface area (Å²) in [6.07, 6.45) is 6.37. The van der Waals surface area contributed by atoms with Gasteiger partial charge in [0.1, 0.15) is 0 Å². The highest BCUT2D eigenvalue weighted by atomic mass is 35.5. The first-order valence-electron chi connectivity index (χ1n) is 5.47. The fourth-order valence-electron chi connectivity index (χ4n) is 1.44. The number of hydrogen-bond acceptors (Lipinski definition) is 2. The van der Waals surface area contributed by atoms with Crippen molar-refractivity contribution in [3.05, 3.63) is 52.3 Å². The second-order valence-corrected chi connectivity index (χ2v) is 4.69. The maximum absolute atomic E-state index is 11.7. The van der Waals surface area contributed by atoms with Gasteiger partial charge in [-0.05, 0) is 23.8 Å². The van der Waals surface area contributed by atoms with E-state index >= 15 is 0 Å². The lowest BCUT2D eigenvalue weighted by molar-refractivity contribution is -0.111. The van der Waals surface area contributed by atoms with Gasteiger partial charge in [-0.15, -0.1) is 0 Å². The molecule has 4 nitrogen and oxygen atoms in total. The molecule has 0 aliphatic carbocycles. The molecular formula is C13H11Cl2N3O. The molecule has 1 aromatic carbocycles. The Balaban J connectivity index is 2.06. The van der Waals surface area contributed by atoms with Crippen LogP contribution >= 0.6 is 23.2 Å². The topological polar surface area (TPSA) is 46.9 Å². The van der Waals surface area contributed by atoms with Gasteiger partial charge in [-0.1, -0.05) is 29.3 Å². The van der Waals surface area contributed by atoms with E-state index in [-0.39, 0.29) is 5.91 Å². The first-order valence-corrected chi connectivity index (χ1v) is 6.23. The number of rotatable bonds is 3. The van der Waals surface area contributed by atoms with E-state index in [1.54, 1.807) is 48.3 Å². The lowest BCUT2D eigenvalue weighted by Crippen LogP contribution is -2.11. The number of nitrogens with zero attached hydrogens (tertiary/aromatic N) is 2. The Morgan fingerprint density at radius 3 is 2.84 bits per heavy atom. The molecular weight excluding hydrogens is 285 g/mol. The largest absolute Gasteiger partial charge is 0.320 e. The summed E-state index contributed by atoms with van der Waals surface area (Å²) in [6.45, 7) is 0. The van der Waals surface area contributed by atoms with Crippen molar-refractivity contribution in [2.45, 2.75) is 0 Å². The number of nitrogens with one attached hydrogen (secondary N) is 1. The summed E-state index contributed by atoms with van der Waals surface area (Å²) in [7, 11) is 1.79. The van der Waals surface area contributed by atoms with E-state index < -0.39 is 0 Å². The molecule has 0 atom stereocenters. The van der Waals surface area contributed by atoms with Crippen LogP contribution in [0.15, 0.2) is 36.7 Å². The van der Waals surface area contributed by atoms with Crippen LogP contribution < -0.4 is 5.32 Å². The molecule has 0 fully saturated rings. The van der Waals surface area contributed by atoms with Crippen molar-refractivity contribution in [2.75, 3.05) is 5.32 Å². The Morgan fingerprint density at radius 1 is 1.42 bits per heavy atom. The number of amides is 1. The van der Waals surface area contributed by atoms with E-state index in [1.165, 1.54) is 6.08 Å².